The molecule has 39 heavy (non-hydrogen) atoms. The molecule has 5 heterocycles. The third-order valence-electron chi connectivity index (χ3n) is 8.50. The Balaban J connectivity index is 1.18. The summed E-state index contributed by atoms with van der Waals surface area (Å²) >= 11 is 0. The van der Waals surface area contributed by atoms with E-state index in [0.29, 0.717) is 17.7 Å². The standard InChI is InChI=1S/C30H31N7O2/c38-26-16-30(4-7-31-8-5-30)25-13-19(1-2-22(25)26)24-18-35-28-23(24)15-21(17-34-28)36-29(39)20-3-6-33-27(14-20)37-11-9-32-10-12-37/h1-3,6,13-15,17-18,31-32H,4-5,7-12,16H2,(H,34,35)(H,36,39). The molecule has 1 aliphatic carbocycles. The predicted octanol–water partition coefficient (Wildman–Crippen LogP) is 3.49. The van der Waals surface area contributed by atoms with Crippen molar-refractivity contribution >= 4 is 34.2 Å². The van der Waals surface area contributed by atoms with E-state index in [1.54, 1.807) is 18.5 Å². The van der Waals surface area contributed by atoms with Gasteiger partial charge in [0.15, 0.2) is 5.78 Å². The normalized spacial score (nSPS) is 18.5. The van der Waals surface area contributed by atoms with Gasteiger partial charge < -0.3 is 25.8 Å². The van der Waals surface area contributed by atoms with Crippen LogP contribution < -0.4 is 20.9 Å². The van der Waals surface area contributed by atoms with Crippen LogP contribution in [0.4, 0.5) is 11.5 Å². The van der Waals surface area contributed by atoms with Gasteiger partial charge in [-0.2, -0.15) is 0 Å². The zero-order valence-electron chi connectivity index (χ0n) is 21.7. The first-order chi connectivity index (χ1) is 19.1. The number of carbonyl (C=O) groups is 2. The van der Waals surface area contributed by atoms with Crippen LogP contribution in [-0.4, -0.2) is 65.9 Å². The number of pyridine rings is 2. The van der Waals surface area contributed by atoms with E-state index in [2.05, 4.69) is 41.9 Å². The van der Waals surface area contributed by atoms with Crippen LogP contribution in [0.25, 0.3) is 22.2 Å². The fourth-order valence-electron chi connectivity index (χ4n) is 6.38. The first kappa shape index (κ1) is 24.0. The number of Topliss-reactive ketones (excluding diaryl/α,β-unsaturated/α-hetero) is 1. The number of rotatable bonds is 4. The topological polar surface area (TPSA) is 115 Å². The van der Waals surface area contributed by atoms with Crippen molar-refractivity contribution in [2.75, 3.05) is 49.5 Å². The number of fused-ring (bicyclic) bond motifs is 3. The van der Waals surface area contributed by atoms with Crippen LogP contribution in [0.3, 0.4) is 0 Å². The maximum absolute atomic E-state index is 13.2. The number of nitrogens with one attached hydrogen (secondary N) is 4. The molecule has 1 aromatic carbocycles. The summed E-state index contributed by atoms with van der Waals surface area (Å²) in [5, 5.41) is 10.7. The monoisotopic (exact) mass is 521 g/mol. The number of aromatic amines is 1. The van der Waals surface area contributed by atoms with Crippen molar-refractivity contribution in [1.29, 1.82) is 0 Å². The van der Waals surface area contributed by atoms with Gasteiger partial charge in [-0.05, 0) is 61.3 Å². The number of carbonyl (C=O) groups excluding carboxylic acids is 2. The van der Waals surface area contributed by atoms with Crippen LogP contribution in [0.15, 0.2) is 55.0 Å². The fraction of sp³-hybridized carbons (Fsp3) is 0.333. The van der Waals surface area contributed by atoms with E-state index >= 15 is 0 Å². The minimum Gasteiger partial charge on any atom is -0.354 e. The zero-order chi connectivity index (χ0) is 26.4. The number of amides is 1. The van der Waals surface area contributed by atoms with E-state index in [1.165, 1.54) is 5.56 Å². The van der Waals surface area contributed by atoms with E-state index in [-0.39, 0.29) is 17.1 Å². The van der Waals surface area contributed by atoms with Crippen molar-refractivity contribution in [3.05, 3.63) is 71.7 Å². The molecular weight excluding hydrogens is 490 g/mol. The van der Waals surface area contributed by atoms with E-state index in [9.17, 15) is 9.59 Å². The van der Waals surface area contributed by atoms with Crippen LogP contribution >= 0.6 is 0 Å². The van der Waals surface area contributed by atoms with E-state index in [0.717, 1.165) is 85.7 Å². The molecule has 9 heteroatoms. The van der Waals surface area contributed by atoms with Gasteiger partial charge in [0.1, 0.15) is 11.5 Å². The van der Waals surface area contributed by atoms with Gasteiger partial charge in [-0.1, -0.05) is 12.1 Å². The molecule has 9 nitrogen and oxygen atoms in total. The smallest absolute Gasteiger partial charge is 0.255 e. The quantitative estimate of drug-likeness (QED) is 0.325. The molecule has 3 aromatic heterocycles. The van der Waals surface area contributed by atoms with E-state index in [4.69, 9.17) is 0 Å². The highest BCUT2D eigenvalue weighted by Crippen LogP contribution is 2.46. The summed E-state index contributed by atoms with van der Waals surface area (Å²) in [5.74, 6) is 0.864. The summed E-state index contributed by atoms with van der Waals surface area (Å²) in [5.41, 5.74) is 5.97. The lowest BCUT2D eigenvalue weighted by Gasteiger charge is -2.34. The Morgan fingerprint density at radius 3 is 2.62 bits per heavy atom. The highest BCUT2D eigenvalue weighted by atomic mass is 16.1. The van der Waals surface area contributed by atoms with Crippen LogP contribution in [0.5, 0.6) is 0 Å². The number of aromatic nitrogens is 3. The van der Waals surface area contributed by atoms with Crippen LogP contribution in [0.1, 0.15) is 45.5 Å². The van der Waals surface area contributed by atoms with Crippen LogP contribution in [0.2, 0.25) is 0 Å². The number of piperazine rings is 1. The molecule has 2 aliphatic heterocycles. The molecule has 0 unspecified atom stereocenters. The molecule has 3 aliphatic rings. The Labute approximate surface area is 226 Å². The lowest BCUT2D eigenvalue weighted by molar-refractivity contribution is 0.0963. The first-order valence-electron chi connectivity index (χ1n) is 13.7. The van der Waals surface area contributed by atoms with Gasteiger partial charge in [0.05, 0.1) is 11.9 Å². The van der Waals surface area contributed by atoms with Crippen molar-refractivity contribution < 1.29 is 9.59 Å². The molecule has 1 amide bonds. The molecule has 0 atom stereocenters. The molecule has 4 N–H and O–H groups in total. The Hall–Kier alpha value is -4.08. The van der Waals surface area contributed by atoms with Gasteiger partial charge in [0.25, 0.3) is 5.91 Å². The first-order valence-corrected chi connectivity index (χ1v) is 13.7. The lowest BCUT2D eigenvalue weighted by atomic mass is 9.74. The minimum atomic E-state index is -0.198. The second-order valence-electron chi connectivity index (χ2n) is 10.8. The molecule has 1 spiro atoms. The summed E-state index contributed by atoms with van der Waals surface area (Å²) < 4.78 is 0. The Morgan fingerprint density at radius 2 is 1.77 bits per heavy atom. The number of hydrogen-bond acceptors (Lipinski definition) is 7. The number of anilines is 2. The number of nitrogens with zero attached hydrogens (tertiary/aromatic N) is 3. The van der Waals surface area contributed by atoms with E-state index in [1.807, 2.05) is 30.5 Å². The third-order valence-corrected chi connectivity index (χ3v) is 8.50. The highest BCUT2D eigenvalue weighted by Gasteiger charge is 2.43. The average molecular weight is 522 g/mol. The van der Waals surface area contributed by atoms with Crippen molar-refractivity contribution in [2.45, 2.75) is 24.7 Å². The van der Waals surface area contributed by atoms with Crippen LogP contribution in [0, 0.1) is 0 Å². The van der Waals surface area contributed by atoms with Gasteiger partial charge in [0.2, 0.25) is 0 Å². The SMILES string of the molecule is O=C(Nc1cnc2[nH]cc(-c3ccc4c(c3)C3(CCNCC3)CC4=O)c2c1)c1ccnc(N2CCNCC2)c1. The van der Waals surface area contributed by atoms with Crippen molar-refractivity contribution in [3.63, 3.8) is 0 Å². The molecule has 0 radical (unpaired) electrons. The van der Waals surface area contributed by atoms with Gasteiger partial charge in [-0.15, -0.1) is 0 Å². The second kappa shape index (κ2) is 9.59. The molecular formula is C30H31N7O2. The molecule has 7 rings (SSSR count). The number of benzene rings is 1. The third kappa shape index (κ3) is 4.27. The van der Waals surface area contributed by atoms with Crippen molar-refractivity contribution in [3.8, 4) is 11.1 Å². The maximum Gasteiger partial charge on any atom is 0.255 e. The van der Waals surface area contributed by atoms with Crippen molar-refractivity contribution in [2.24, 2.45) is 0 Å². The molecule has 2 fully saturated rings. The minimum absolute atomic E-state index is 0.0642. The molecule has 198 valence electrons. The number of H-pyrrole nitrogens is 1. The molecule has 0 saturated carbocycles. The number of ketones is 1. The Bertz CT molecular complexity index is 1580. The Morgan fingerprint density at radius 1 is 0.949 bits per heavy atom. The lowest BCUT2D eigenvalue weighted by Crippen LogP contribution is -2.43. The van der Waals surface area contributed by atoms with E-state index < -0.39 is 0 Å². The summed E-state index contributed by atoms with van der Waals surface area (Å²) in [4.78, 5) is 40.5. The number of piperidine rings is 1. The average Bonchev–Trinajstić information content (AvgIpc) is 3.52. The van der Waals surface area contributed by atoms with Crippen LogP contribution in [-0.2, 0) is 5.41 Å². The Kier molecular flexibility index (Phi) is 5.90. The summed E-state index contributed by atoms with van der Waals surface area (Å²) in [6, 6.07) is 11.8. The van der Waals surface area contributed by atoms with Crippen molar-refractivity contribution in [1.82, 2.24) is 25.6 Å². The van der Waals surface area contributed by atoms with Gasteiger partial charge in [-0.25, -0.2) is 9.97 Å². The van der Waals surface area contributed by atoms with Gasteiger partial charge >= 0.3 is 0 Å². The zero-order valence-corrected chi connectivity index (χ0v) is 21.7. The summed E-state index contributed by atoms with van der Waals surface area (Å²) in [7, 11) is 0. The van der Waals surface area contributed by atoms with Gasteiger partial charge in [-0.3, -0.25) is 9.59 Å². The summed E-state index contributed by atoms with van der Waals surface area (Å²) in [6.07, 6.45) is 7.87. The molecule has 2 saturated heterocycles. The highest BCUT2D eigenvalue weighted by molar-refractivity contribution is 6.06. The second-order valence-corrected chi connectivity index (χ2v) is 10.8. The predicted molar refractivity (Wildman–Crippen MR) is 152 cm³/mol. The van der Waals surface area contributed by atoms with Gasteiger partial charge in [0, 0.05) is 72.5 Å². The molecule has 4 aromatic rings. The summed E-state index contributed by atoms with van der Waals surface area (Å²) in [6.45, 7) is 5.41. The number of hydrogen-bond donors (Lipinski definition) is 4. The fourth-order valence-corrected chi connectivity index (χ4v) is 6.38. The maximum atomic E-state index is 13.2. The largest absolute Gasteiger partial charge is 0.354 e. The molecule has 0 bridgehead atoms.